The molecule has 0 atom stereocenters. The molecule has 1 amide bonds. The summed E-state index contributed by atoms with van der Waals surface area (Å²) in [6, 6.07) is 15.5. The number of hydrogen-bond acceptors (Lipinski definition) is 3. The Hall–Kier alpha value is -2.75. The van der Waals surface area contributed by atoms with Gasteiger partial charge in [0.05, 0.1) is 13.7 Å². The highest BCUT2D eigenvalue weighted by Crippen LogP contribution is 2.28. The topological polar surface area (TPSA) is 47.6 Å². The van der Waals surface area contributed by atoms with Crippen LogP contribution in [0.3, 0.4) is 0 Å². The molecule has 1 N–H and O–H groups in total. The molecule has 0 unspecified atom stereocenters. The minimum absolute atomic E-state index is 0.133. The SMILES string of the molecule is CCCCOc1ccc(/C=C/C(=O)NCc2ccccc2)cc1OC. The van der Waals surface area contributed by atoms with Gasteiger partial charge in [0.25, 0.3) is 0 Å². The lowest BCUT2D eigenvalue weighted by Gasteiger charge is -2.11. The van der Waals surface area contributed by atoms with Crippen molar-refractivity contribution in [2.45, 2.75) is 26.3 Å². The fourth-order valence-electron chi connectivity index (χ4n) is 2.25. The van der Waals surface area contributed by atoms with Gasteiger partial charge in [-0.3, -0.25) is 4.79 Å². The molecule has 0 aromatic heterocycles. The molecule has 2 aromatic carbocycles. The van der Waals surface area contributed by atoms with Crippen molar-refractivity contribution in [3.63, 3.8) is 0 Å². The normalized spacial score (nSPS) is 10.6. The van der Waals surface area contributed by atoms with Crippen LogP contribution in [0.25, 0.3) is 6.08 Å². The van der Waals surface area contributed by atoms with Crippen LogP contribution in [0.4, 0.5) is 0 Å². The lowest BCUT2D eigenvalue weighted by Crippen LogP contribution is -2.20. The maximum Gasteiger partial charge on any atom is 0.244 e. The Morgan fingerprint density at radius 3 is 2.64 bits per heavy atom. The Bertz CT molecular complexity index is 696. The van der Waals surface area contributed by atoms with Gasteiger partial charge in [0.2, 0.25) is 5.91 Å². The first-order valence-corrected chi connectivity index (χ1v) is 8.53. The number of unbranched alkanes of at least 4 members (excludes halogenated alkanes) is 1. The number of rotatable bonds is 9. The highest BCUT2D eigenvalue weighted by atomic mass is 16.5. The molecule has 4 heteroatoms. The molecule has 4 nitrogen and oxygen atoms in total. The van der Waals surface area contributed by atoms with Crippen LogP contribution in [-0.4, -0.2) is 19.6 Å². The van der Waals surface area contributed by atoms with Gasteiger partial charge in [-0.05, 0) is 35.8 Å². The second kappa shape index (κ2) is 10.2. The van der Waals surface area contributed by atoms with Gasteiger partial charge in [0.1, 0.15) is 0 Å². The van der Waals surface area contributed by atoms with E-state index in [0.717, 1.165) is 29.7 Å². The number of amides is 1. The Morgan fingerprint density at radius 1 is 1.12 bits per heavy atom. The van der Waals surface area contributed by atoms with Gasteiger partial charge in [-0.2, -0.15) is 0 Å². The predicted octanol–water partition coefficient (Wildman–Crippen LogP) is 4.20. The zero-order chi connectivity index (χ0) is 17.9. The summed E-state index contributed by atoms with van der Waals surface area (Å²) in [5.41, 5.74) is 1.95. The lowest BCUT2D eigenvalue weighted by molar-refractivity contribution is -0.116. The largest absolute Gasteiger partial charge is 0.493 e. The number of hydrogen-bond donors (Lipinski definition) is 1. The van der Waals surface area contributed by atoms with Crippen LogP contribution in [0.15, 0.2) is 54.6 Å². The molecule has 0 heterocycles. The summed E-state index contributed by atoms with van der Waals surface area (Å²) in [7, 11) is 1.61. The van der Waals surface area contributed by atoms with Gasteiger partial charge < -0.3 is 14.8 Å². The number of nitrogens with one attached hydrogen (secondary N) is 1. The van der Waals surface area contributed by atoms with Crippen LogP contribution in [0, 0.1) is 0 Å². The summed E-state index contributed by atoms with van der Waals surface area (Å²) in [6.07, 6.45) is 5.38. The summed E-state index contributed by atoms with van der Waals surface area (Å²) in [4.78, 5) is 11.9. The minimum Gasteiger partial charge on any atom is -0.493 e. The molecule has 0 fully saturated rings. The molecule has 132 valence electrons. The molecule has 25 heavy (non-hydrogen) atoms. The molecule has 0 aliphatic rings. The Balaban J connectivity index is 1.92. The third-order valence-electron chi connectivity index (χ3n) is 3.68. The van der Waals surface area contributed by atoms with E-state index in [1.165, 1.54) is 6.08 Å². The molecule has 0 radical (unpaired) electrons. The average Bonchev–Trinajstić information content (AvgIpc) is 2.66. The summed E-state index contributed by atoms with van der Waals surface area (Å²) in [6.45, 7) is 3.30. The van der Waals surface area contributed by atoms with Gasteiger partial charge in [0, 0.05) is 12.6 Å². The van der Waals surface area contributed by atoms with Crippen molar-refractivity contribution in [2.75, 3.05) is 13.7 Å². The van der Waals surface area contributed by atoms with Crippen LogP contribution in [-0.2, 0) is 11.3 Å². The molecule has 0 aliphatic carbocycles. The van der Waals surface area contributed by atoms with Crippen LogP contribution in [0.2, 0.25) is 0 Å². The molecule has 0 aliphatic heterocycles. The van der Waals surface area contributed by atoms with Crippen LogP contribution >= 0.6 is 0 Å². The highest BCUT2D eigenvalue weighted by Gasteiger charge is 2.05. The van der Waals surface area contributed by atoms with Crippen molar-refractivity contribution in [3.8, 4) is 11.5 Å². The summed E-state index contributed by atoms with van der Waals surface area (Å²) < 4.78 is 11.1. The molecular weight excluding hydrogens is 314 g/mol. The van der Waals surface area contributed by atoms with E-state index in [0.29, 0.717) is 18.9 Å². The number of ether oxygens (including phenoxy) is 2. The van der Waals surface area contributed by atoms with E-state index in [9.17, 15) is 4.79 Å². The monoisotopic (exact) mass is 339 g/mol. The third kappa shape index (κ3) is 6.34. The summed E-state index contributed by atoms with van der Waals surface area (Å²) >= 11 is 0. The van der Waals surface area contributed by atoms with E-state index >= 15 is 0 Å². The van der Waals surface area contributed by atoms with E-state index in [2.05, 4.69) is 12.2 Å². The van der Waals surface area contributed by atoms with Crippen molar-refractivity contribution in [1.82, 2.24) is 5.32 Å². The fraction of sp³-hybridized carbons (Fsp3) is 0.286. The van der Waals surface area contributed by atoms with Gasteiger partial charge in [-0.1, -0.05) is 49.7 Å². The van der Waals surface area contributed by atoms with E-state index in [1.807, 2.05) is 48.5 Å². The molecule has 2 rings (SSSR count). The van der Waals surface area contributed by atoms with E-state index in [4.69, 9.17) is 9.47 Å². The Kier molecular flexibility index (Phi) is 7.57. The van der Waals surface area contributed by atoms with Crippen molar-refractivity contribution in [3.05, 3.63) is 65.7 Å². The highest BCUT2D eigenvalue weighted by molar-refractivity contribution is 5.91. The van der Waals surface area contributed by atoms with Gasteiger partial charge in [-0.15, -0.1) is 0 Å². The predicted molar refractivity (Wildman–Crippen MR) is 101 cm³/mol. The van der Waals surface area contributed by atoms with Crippen molar-refractivity contribution in [1.29, 1.82) is 0 Å². The molecule has 0 spiro atoms. The number of carbonyl (C=O) groups excluding carboxylic acids is 1. The van der Waals surface area contributed by atoms with Crippen LogP contribution in [0.1, 0.15) is 30.9 Å². The summed E-state index contributed by atoms with van der Waals surface area (Å²) in [5, 5.41) is 2.86. The molecule has 0 saturated carbocycles. The zero-order valence-corrected chi connectivity index (χ0v) is 14.8. The third-order valence-corrected chi connectivity index (χ3v) is 3.68. The maximum atomic E-state index is 11.9. The Labute approximate surface area is 149 Å². The fourth-order valence-corrected chi connectivity index (χ4v) is 2.25. The Morgan fingerprint density at radius 2 is 1.92 bits per heavy atom. The van der Waals surface area contributed by atoms with E-state index < -0.39 is 0 Å². The number of benzene rings is 2. The quantitative estimate of drug-likeness (QED) is 0.550. The second-order valence-electron chi connectivity index (χ2n) is 5.65. The number of carbonyl (C=O) groups is 1. The van der Waals surface area contributed by atoms with Crippen LogP contribution < -0.4 is 14.8 Å². The first kappa shape index (κ1) is 18.6. The number of methoxy groups -OCH3 is 1. The summed E-state index contributed by atoms with van der Waals surface area (Å²) in [5.74, 6) is 1.26. The zero-order valence-electron chi connectivity index (χ0n) is 14.8. The molecule has 0 saturated heterocycles. The first-order valence-electron chi connectivity index (χ1n) is 8.53. The standard InChI is InChI=1S/C21H25NO3/c1-3-4-14-25-19-12-10-17(15-20(19)24-2)11-13-21(23)22-16-18-8-6-5-7-9-18/h5-13,15H,3-4,14,16H2,1-2H3,(H,22,23)/b13-11+. The second-order valence-corrected chi connectivity index (χ2v) is 5.65. The van der Waals surface area contributed by atoms with Crippen molar-refractivity contribution >= 4 is 12.0 Å². The molecular formula is C21H25NO3. The smallest absolute Gasteiger partial charge is 0.244 e. The minimum atomic E-state index is -0.133. The molecule has 0 bridgehead atoms. The van der Waals surface area contributed by atoms with Crippen molar-refractivity contribution < 1.29 is 14.3 Å². The van der Waals surface area contributed by atoms with Gasteiger partial charge in [0.15, 0.2) is 11.5 Å². The maximum absolute atomic E-state index is 11.9. The lowest BCUT2D eigenvalue weighted by atomic mass is 10.2. The first-order chi connectivity index (χ1) is 12.2. The van der Waals surface area contributed by atoms with Gasteiger partial charge in [-0.25, -0.2) is 0 Å². The average molecular weight is 339 g/mol. The van der Waals surface area contributed by atoms with Crippen molar-refractivity contribution in [2.24, 2.45) is 0 Å². The van der Waals surface area contributed by atoms with E-state index in [-0.39, 0.29) is 5.91 Å². The van der Waals surface area contributed by atoms with Crippen LogP contribution in [0.5, 0.6) is 11.5 Å². The van der Waals surface area contributed by atoms with Gasteiger partial charge >= 0.3 is 0 Å². The van der Waals surface area contributed by atoms with E-state index in [1.54, 1.807) is 13.2 Å². The molecule has 2 aromatic rings.